The smallest absolute Gasteiger partial charge is 0.149 e. The molecule has 1 heterocycles. The number of nitrogens with one attached hydrogen (secondary N) is 1. The Labute approximate surface area is 143 Å². The highest BCUT2D eigenvalue weighted by Crippen LogP contribution is 2.63. The molecule has 1 saturated carbocycles. The predicted octanol–water partition coefficient (Wildman–Crippen LogP) is 4.47. The third-order valence-electron chi connectivity index (χ3n) is 5.21. The molecule has 2 aromatic rings. The van der Waals surface area contributed by atoms with Crippen LogP contribution in [0.4, 0.5) is 15.8 Å². The van der Waals surface area contributed by atoms with Gasteiger partial charge in [-0.2, -0.15) is 0 Å². The maximum Gasteiger partial charge on any atom is 0.149 e. The van der Waals surface area contributed by atoms with Gasteiger partial charge in [0.15, 0.2) is 0 Å². The van der Waals surface area contributed by atoms with Crippen molar-refractivity contribution in [3.05, 3.63) is 71.0 Å². The number of halogens is 1. The van der Waals surface area contributed by atoms with Gasteiger partial charge in [0.1, 0.15) is 23.1 Å². The number of anilines is 1. The van der Waals surface area contributed by atoms with Crippen molar-refractivity contribution in [2.45, 2.75) is 12.3 Å². The average molecular weight is 337 g/mol. The van der Waals surface area contributed by atoms with E-state index in [1.807, 2.05) is 12.1 Å². The minimum absolute atomic E-state index is 0.0358. The van der Waals surface area contributed by atoms with E-state index in [1.54, 1.807) is 24.4 Å². The van der Waals surface area contributed by atoms with Crippen LogP contribution in [0.1, 0.15) is 12.5 Å². The van der Waals surface area contributed by atoms with Crippen molar-refractivity contribution in [2.24, 2.45) is 22.0 Å². The van der Waals surface area contributed by atoms with E-state index in [4.69, 9.17) is 0 Å². The molecule has 1 fully saturated rings. The maximum atomic E-state index is 13.1. The van der Waals surface area contributed by atoms with Crippen LogP contribution in [0, 0.1) is 22.6 Å². The fourth-order valence-electron chi connectivity index (χ4n) is 3.82. The van der Waals surface area contributed by atoms with E-state index in [1.165, 1.54) is 18.2 Å². The molecule has 3 atom stereocenters. The molecule has 6 heteroatoms. The summed E-state index contributed by atoms with van der Waals surface area (Å²) < 4.78 is 13.1. The summed E-state index contributed by atoms with van der Waals surface area (Å²) in [4.78, 5) is 15.3. The second-order valence-corrected chi connectivity index (χ2v) is 6.46. The number of nitroso groups, excluding NO2 is 1. The number of rotatable bonds is 3. The zero-order chi connectivity index (χ0) is 17.6. The van der Waals surface area contributed by atoms with Crippen LogP contribution in [0.25, 0.3) is 0 Å². The Morgan fingerprint density at radius 2 is 2.00 bits per heavy atom. The number of hydrogen-bond donors (Lipinski definition) is 2. The number of fused-ring (bicyclic) bond motifs is 1. The molecular formula is C19H16FN3O2. The molecule has 1 aliphatic carbocycles. The number of aliphatic imine (C=N–C) groups is 1. The second-order valence-electron chi connectivity index (χ2n) is 6.46. The molecule has 0 aromatic heterocycles. The van der Waals surface area contributed by atoms with Crippen molar-refractivity contribution >= 4 is 17.2 Å². The van der Waals surface area contributed by atoms with Crippen LogP contribution in [0.15, 0.2) is 64.9 Å². The Bertz CT molecular complexity index is 907. The third-order valence-corrected chi connectivity index (χ3v) is 5.21. The summed E-state index contributed by atoms with van der Waals surface area (Å²) in [5.41, 5.74) is 1.44. The number of allylic oxidation sites excluding steroid dienone is 1. The lowest BCUT2D eigenvalue weighted by molar-refractivity contribution is 0.476. The quantitative estimate of drug-likeness (QED) is 0.812. The van der Waals surface area contributed by atoms with Crippen molar-refractivity contribution < 1.29 is 9.50 Å². The van der Waals surface area contributed by atoms with E-state index in [0.717, 1.165) is 17.1 Å². The van der Waals surface area contributed by atoms with Gasteiger partial charge in [0, 0.05) is 23.2 Å². The lowest BCUT2D eigenvalue weighted by Crippen LogP contribution is -2.22. The summed E-state index contributed by atoms with van der Waals surface area (Å²) in [6.45, 7) is 2.11. The first-order valence-electron chi connectivity index (χ1n) is 8.01. The Balaban J connectivity index is 1.65. The number of nitrogens with zero attached hydrogens (tertiary/aromatic N) is 2. The van der Waals surface area contributed by atoms with E-state index >= 15 is 0 Å². The van der Waals surface area contributed by atoms with Gasteiger partial charge in [-0.1, -0.05) is 19.1 Å². The van der Waals surface area contributed by atoms with Gasteiger partial charge in [-0.3, -0.25) is 0 Å². The standard InChI is InChI=1S/C19H16FN3O2/c1-11-17-18(22-14-5-3-13(20)4-6-14)21-9-8-19(11,17)12-2-7-16(24)15(10-12)23-25/h2-11,17,24H,1H3,(H,21,22). The summed E-state index contributed by atoms with van der Waals surface area (Å²) in [7, 11) is 0. The highest BCUT2D eigenvalue weighted by atomic mass is 19.1. The van der Waals surface area contributed by atoms with Crippen molar-refractivity contribution in [3.63, 3.8) is 0 Å². The zero-order valence-corrected chi connectivity index (χ0v) is 13.5. The normalized spacial score (nSPS) is 26.6. The van der Waals surface area contributed by atoms with Crippen LogP contribution in [0.5, 0.6) is 5.75 Å². The lowest BCUT2D eigenvalue weighted by Gasteiger charge is -2.19. The molecule has 3 unspecified atom stereocenters. The van der Waals surface area contributed by atoms with E-state index < -0.39 is 0 Å². The van der Waals surface area contributed by atoms with Crippen LogP contribution >= 0.6 is 0 Å². The fourth-order valence-corrected chi connectivity index (χ4v) is 3.82. The maximum absolute atomic E-state index is 13.1. The fraction of sp³-hybridized carbons (Fsp3) is 0.211. The number of phenolic OH excluding ortho intramolecular Hbond substituents is 1. The molecule has 2 aliphatic rings. The summed E-state index contributed by atoms with van der Waals surface area (Å²) in [5, 5.41) is 15.8. The zero-order valence-electron chi connectivity index (χ0n) is 13.5. The number of hydrogen-bond acceptors (Lipinski definition) is 5. The summed E-state index contributed by atoms with van der Waals surface area (Å²) in [6, 6.07) is 11.1. The molecule has 0 amide bonds. The molecule has 2 aromatic carbocycles. The Morgan fingerprint density at radius 3 is 2.72 bits per heavy atom. The Kier molecular flexibility index (Phi) is 3.42. The average Bonchev–Trinajstić information content (AvgIpc) is 3.24. The predicted molar refractivity (Wildman–Crippen MR) is 94.5 cm³/mol. The van der Waals surface area contributed by atoms with E-state index in [2.05, 4.69) is 22.4 Å². The van der Waals surface area contributed by atoms with Gasteiger partial charge in [0.2, 0.25) is 0 Å². The summed E-state index contributed by atoms with van der Waals surface area (Å²) in [5.74, 6) is 0.769. The number of aromatic hydroxyl groups is 1. The summed E-state index contributed by atoms with van der Waals surface area (Å²) >= 11 is 0. The highest BCUT2D eigenvalue weighted by Gasteiger charge is 2.64. The molecule has 126 valence electrons. The van der Waals surface area contributed by atoms with E-state index in [-0.39, 0.29) is 34.5 Å². The first-order chi connectivity index (χ1) is 12.1. The first-order valence-corrected chi connectivity index (χ1v) is 8.01. The molecule has 0 bridgehead atoms. The SMILES string of the molecule is CC1C2C(Nc3ccc(F)cc3)=NC=CC12c1ccc(O)c(N=O)c1. The van der Waals surface area contributed by atoms with Crippen molar-refractivity contribution in [1.29, 1.82) is 0 Å². The van der Waals surface area contributed by atoms with Gasteiger partial charge in [-0.25, -0.2) is 9.38 Å². The molecule has 1 aliphatic heterocycles. The number of amidine groups is 1. The molecular weight excluding hydrogens is 321 g/mol. The number of benzene rings is 2. The lowest BCUT2D eigenvalue weighted by atomic mass is 9.90. The highest BCUT2D eigenvalue weighted by molar-refractivity contribution is 6.02. The third kappa shape index (κ3) is 2.33. The van der Waals surface area contributed by atoms with Crippen molar-refractivity contribution in [2.75, 3.05) is 5.32 Å². The van der Waals surface area contributed by atoms with Crippen molar-refractivity contribution in [1.82, 2.24) is 0 Å². The van der Waals surface area contributed by atoms with Gasteiger partial charge < -0.3 is 10.4 Å². The largest absolute Gasteiger partial charge is 0.506 e. The molecule has 0 spiro atoms. The minimum Gasteiger partial charge on any atom is -0.506 e. The Morgan fingerprint density at radius 1 is 1.24 bits per heavy atom. The number of phenols is 1. The molecule has 4 rings (SSSR count). The van der Waals surface area contributed by atoms with Crippen LogP contribution in [-0.4, -0.2) is 10.9 Å². The molecule has 25 heavy (non-hydrogen) atoms. The van der Waals surface area contributed by atoms with Gasteiger partial charge in [-0.15, -0.1) is 4.91 Å². The first kappa shape index (κ1) is 15.5. The van der Waals surface area contributed by atoms with Gasteiger partial charge in [0.05, 0.1) is 0 Å². The minimum atomic E-state index is -0.289. The van der Waals surface area contributed by atoms with Crippen LogP contribution in [0.2, 0.25) is 0 Å². The van der Waals surface area contributed by atoms with Gasteiger partial charge in [0.25, 0.3) is 0 Å². The van der Waals surface area contributed by atoms with Crippen LogP contribution in [0.3, 0.4) is 0 Å². The monoisotopic (exact) mass is 337 g/mol. The van der Waals surface area contributed by atoms with E-state index in [9.17, 15) is 14.4 Å². The van der Waals surface area contributed by atoms with Gasteiger partial charge >= 0.3 is 0 Å². The molecule has 5 nitrogen and oxygen atoms in total. The van der Waals surface area contributed by atoms with Crippen LogP contribution in [-0.2, 0) is 5.41 Å². The second kappa shape index (κ2) is 5.51. The van der Waals surface area contributed by atoms with Gasteiger partial charge in [-0.05, 0) is 53.1 Å². The summed E-state index contributed by atoms with van der Waals surface area (Å²) in [6.07, 6.45) is 3.77. The molecule has 0 saturated heterocycles. The van der Waals surface area contributed by atoms with Crippen molar-refractivity contribution in [3.8, 4) is 5.75 Å². The Hall–Kier alpha value is -3.02. The molecule has 2 N–H and O–H groups in total. The topological polar surface area (TPSA) is 74.1 Å². The van der Waals surface area contributed by atoms with E-state index in [0.29, 0.717) is 0 Å². The van der Waals surface area contributed by atoms with Crippen LogP contribution < -0.4 is 5.32 Å². The molecule has 0 radical (unpaired) electrons.